The minimum Gasteiger partial charge on any atom is -0.267 e. The zero-order valence-corrected chi connectivity index (χ0v) is 11.8. The molecule has 1 aromatic heterocycles. The lowest BCUT2D eigenvalue weighted by molar-refractivity contribution is 0.0953. The number of nitrogens with zero attached hydrogens (tertiary/aromatic N) is 2. The summed E-state index contributed by atoms with van der Waals surface area (Å²) in [6, 6.07) is 3.48. The number of hydrogen-bond acceptors (Lipinski definition) is 3. The number of pyridine rings is 1. The molecule has 1 saturated carbocycles. The smallest absolute Gasteiger partial charge is 0.267 e. The van der Waals surface area contributed by atoms with E-state index in [4.69, 9.17) is 0 Å². The molecule has 4 heteroatoms. The Bertz CT molecular complexity index is 479. The van der Waals surface area contributed by atoms with Crippen LogP contribution in [0.25, 0.3) is 0 Å². The minimum atomic E-state index is -0.198. The molecule has 0 radical (unpaired) electrons. The maximum atomic E-state index is 11.9. The van der Waals surface area contributed by atoms with Crippen LogP contribution in [-0.4, -0.2) is 16.6 Å². The van der Waals surface area contributed by atoms with Crippen molar-refractivity contribution < 1.29 is 4.79 Å². The van der Waals surface area contributed by atoms with Gasteiger partial charge in [-0.25, -0.2) is 5.43 Å². The van der Waals surface area contributed by atoms with Crippen molar-refractivity contribution in [1.29, 1.82) is 0 Å². The third-order valence-corrected chi connectivity index (χ3v) is 3.41. The first-order chi connectivity index (χ1) is 8.96. The quantitative estimate of drug-likeness (QED) is 0.830. The van der Waals surface area contributed by atoms with Gasteiger partial charge in [0, 0.05) is 18.1 Å². The van der Waals surface area contributed by atoms with Crippen molar-refractivity contribution in [2.75, 3.05) is 0 Å². The van der Waals surface area contributed by atoms with E-state index in [1.165, 1.54) is 6.42 Å². The fraction of sp³-hybridized carbons (Fsp3) is 0.533. The molecule has 1 aliphatic carbocycles. The van der Waals surface area contributed by atoms with Gasteiger partial charge in [-0.05, 0) is 42.7 Å². The Kier molecular flexibility index (Phi) is 3.98. The molecule has 19 heavy (non-hydrogen) atoms. The van der Waals surface area contributed by atoms with Crippen molar-refractivity contribution in [2.45, 2.75) is 40.0 Å². The Morgan fingerprint density at radius 3 is 2.95 bits per heavy atom. The number of carbonyl (C=O) groups is 1. The molecule has 1 fully saturated rings. The summed E-state index contributed by atoms with van der Waals surface area (Å²) in [6.45, 7) is 6.74. The van der Waals surface area contributed by atoms with Gasteiger partial charge < -0.3 is 0 Å². The number of carbonyl (C=O) groups excluding carboxylic acids is 1. The molecule has 0 saturated heterocycles. The van der Waals surface area contributed by atoms with Crippen LogP contribution in [-0.2, 0) is 0 Å². The molecule has 0 bridgehead atoms. The third-order valence-electron chi connectivity index (χ3n) is 3.41. The number of hydrogen-bond donors (Lipinski definition) is 1. The number of amides is 1. The largest absolute Gasteiger partial charge is 0.272 e. The van der Waals surface area contributed by atoms with E-state index < -0.39 is 0 Å². The molecule has 1 heterocycles. The Morgan fingerprint density at radius 2 is 2.32 bits per heavy atom. The topological polar surface area (TPSA) is 54.4 Å². The summed E-state index contributed by atoms with van der Waals surface area (Å²) in [4.78, 5) is 15.8. The highest BCUT2D eigenvalue weighted by atomic mass is 16.2. The third kappa shape index (κ3) is 3.88. The number of rotatable bonds is 2. The highest BCUT2D eigenvalue weighted by molar-refractivity contribution is 5.95. The van der Waals surface area contributed by atoms with Gasteiger partial charge in [-0.3, -0.25) is 9.78 Å². The first-order valence-corrected chi connectivity index (χ1v) is 6.72. The molecule has 1 aliphatic rings. The van der Waals surface area contributed by atoms with Crippen molar-refractivity contribution in [3.63, 3.8) is 0 Å². The van der Waals surface area contributed by atoms with Crippen LogP contribution in [0, 0.1) is 11.3 Å². The molecule has 1 atom stereocenters. The molecule has 4 nitrogen and oxygen atoms in total. The molecular weight excluding hydrogens is 238 g/mol. The monoisotopic (exact) mass is 259 g/mol. The summed E-state index contributed by atoms with van der Waals surface area (Å²) in [7, 11) is 0. The van der Waals surface area contributed by atoms with Crippen molar-refractivity contribution in [3.05, 3.63) is 30.1 Å². The SMILES string of the molecule is C[C@@H]1C/C(=N/NC(=O)c2cccnc2)CC(C)(C)C1. The minimum absolute atomic E-state index is 0.198. The summed E-state index contributed by atoms with van der Waals surface area (Å²) in [6.07, 6.45) is 6.32. The summed E-state index contributed by atoms with van der Waals surface area (Å²) >= 11 is 0. The van der Waals surface area contributed by atoms with Crippen LogP contribution in [0.4, 0.5) is 0 Å². The van der Waals surface area contributed by atoms with Crippen LogP contribution >= 0.6 is 0 Å². The fourth-order valence-electron chi connectivity index (χ4n) is 2.89. The number of hydrazone groups is 1. The molecule has 0 aromatic carbocycles. The van der Waals surface area contributed by atoms with Gasteiger partial charge in [0.05, 0.1) is 5.56 Å². The predicted molar refractivity (Wildman–Crippen MR) is 75.9 cm³/mol. The van der Waals surface area contributed by atoms with Crippen LogP contribution in [0.5, 0.6) is 0 Å². The second-order valence-electron chi connectivity index (χ2n) is 6.22. The fourth-order valence-corrected chi connectivity index (χ4v) is 2.89. The lowest BCUT2D eigenvalue weighted by Crippen LogP contribution is -2.30. The van der Waals surface area contributed by atoms with Gasteiger partial charge in [0.25, 0.3) is 5.91 Å². The highest BCUT2D eigenvalue weighted by Gasteiger charge is 2.29. The van der Waals surface area contributed by atoms with Crippen LogP contribution in [0.1, 0.15) is 50.4 Å². The maximum absolute atomic E-state index is 11.9. The molecule has 0 aliphatic heterocycles. The Morgan fingerprint density at radius 1 is 1.53 bits per heavy atom. The zero-order valence-electron chi connectivity index (χ0n) is 11.8. The number of nitrogens with one attached hydrogen (secondary N) is 1. The van der Waals surface area contributed by atoms with Gasteiger partial charge in [0.1, 0.15) is 0 Å². The van der Waals surface area contributed by atoms with Crippen molar-refractivity contribution in [1.82, 2.24) is 10.4 Å². The van der Waals surface area contributed by atoms with E-state index >= 15 is 0 Å². The second-order valence-corrected chi connectivity index (χ2v) is 6.22. The first kappa shape index (κ1) is 13.7. The molecule has 102 valence electrons. The predicted octanol–water partition coefficient (Wildman–Crippen LogP) is 3.01. The van der Waals surface area contributed by atoms with Crippen LogP contribution in [0.15, 0.2) is 29.6 Å². The summed E-state index contributed by atoms with van der Waals surface area (Å²) < 4.78 is 0. The average Bonchev–Trinajstić information content (AvgIpc) is 2.34. The molecule has 2 rings (SSSR count). The second kappa shape index (κ2) is 5.51. The van der Waals surface area contributed by atoms with Crippen LogP contribution in [0.2, 0.25) is 0 Å². The summed E-state index contributed by atoms with van der Waals surface area (Å²) in [5.74, 6) is 0.425. The van der Waals surface area contributed by atoms with E-state index in [1.807, 2.05) is 0 Å². The highest BCUT2D eigenvalue weighted by Crippen LogP contribution is 2.36. The molecular formula is C15H21N3O. The van der Waals surface area contributed by atoms with E-state index in [2.05, 4.69) is 36.3 Å². The van der Waals surface area contributed by atoms with E-state index in [1.54, 1.807) is 24.5 Å². The summed E-state index contributed by atoms with van der Waals surface area (Å²) in [5, 5.41) is 4.29. The van der Waals surface area contributed by atoms with Gasteiger partial charge in [-0.1, -0.05) is 20.8 Å². The van der Waals surface area contributed by atoms with Crippen molar-refractivity contribution in [2.24, 2.45) is 16.4 Å². The first-order valence-electron chi connectivity index (χ1n) is 6.72. The van der Waals surface area contributed by atoms with Gasteiger partial charge in [-0.2, -0.15) is 5.10 Å². The van der Waals surface area contributed by atoms with Crippen molar-refractivity contribution in [3.8, 4) is 0 Å². The van der Waals surface area contributed by atoms with Gasteiger partial charge in [-0.15, -0.1) is 0 Å². The molecule has 1 N–H and O–H groups in total. The average molecular weight is 259 g/mol. The standard InChI is InChI=1S/C15H21N3O/c1-11-7-13(9-15(2,3)8-11)17-18-14(19)12-5-4-6-16-10-12/h4-6,10-11H,7-9H2,1-3H3,(H,18,19)/b17-13-/t11-/m1/s1. The van der Waals surface area contributed by atoms with Crippen LogP contribution < -0.4 is 5.43 Å². The van der Waals surface area contributed by atoms with E-state index in [0.29, 0.717) is 11.5 Å². The van der Waals surface area contributed by atoms with E-state index in [-0.39, 0.29) is 11.3 Å². The van der Waals surface area contributed by atoms with Gasteiger partial charge >= 0.3 is 0 Å². The molecule has 0 unspecified atom stereocenters. The Hall–Kier alpha value is -1.71. The Balaban J connectivity index is 2.01. The van der Waals surface area contributed by atoms with Crippen LogP contribution in [0.3, 0.4) is 0 Å². The zero-order chi connectivity index (χ0) is 13.9. The lowest BCUT2D eigenvalue weighted by Gasteiger charge is -2.34. The van der Waals surface area contributed by atoms with Gasteiger partial charge in [0.15, 0.2) is 0 Å². The normalized spacial score (nSPS) is 24.2. The summed E-state index contributed by atoms with van der Waals surface area (Å²) in [5.41, 5.74) is 4.53. The molecule has 1 amide bonds. The van der Waals surface area contributed by atoms with Gasteiger partial charge in [0.2, 0.25) is 0 Å². The molecule has 0 spiro atoms. The lowest BCUT2D eigenvalue weighted by atomic mass is 9.72. The maximum Gasteiger partial charge on any atom is 0.272 e. The van der Waals surface area contributed by atoms with E-state index in [9.17, 15) is 4.79 Å². The Labute approximate surface area is 114 Å². The molecule has 1 aromatic rings. The van der Waals surface area contributed by atoms with E-state index in [0.717, 1.165) is 18.6 Å². The number of aromatic nitrogens is 1. The van der Waals surface area contributed by atoms with Crippen molar-refractivity contribution >= 4 is 11.6 Å².